The molecule has 1 aromatic carbocycles. The van der Waals surface area contributed by atoms with Crippen molar-refractivity contribution >= 4 is 52.1 Å². The number of thiophene rings is 1. The zero-order chi connectivity index (χ0) is 20.4. The quantitative estimate of drug-likeness (QED) is 0.782. The van der Waals surface area contributed by atoms with E-state index < -0.39 is 12.2 Å². The molecule has 29 heavy (non-hydrogen) atoms. The fraction of sp³-hybridized carbons (Fsp3) is 0.350. The molecule has 1 atom stereocenters. The monoisotopic (exact) mass is 433 g/mol. The Morgan fingerprint density at radius 1 is 1.10 bits per heavy atom. The number of nitrogens with zero attached hydrogens (tertiary/aromatic N) is 2. The molecule has 0 saturated carbocycles. The second-order valence-corrected chi connectivity index (χ2v) is 8.69. The number of amides is 2. The minimum Gasteiger partial charge on any atom is -0.442 e. The van der Waals surface area contributed by atoms with Gasteiger partial charge in [-0.1, -0.05) is 11.6 Å². The summed E-state index contributed by atoms with van der Waals surface area (Å²) in [5, 5.41) is 2.78. The maximum absolute atomic E-state index is 12.3. The molecule has 2 amide bonds. The summed E-state index contributed by atoms with van der Waals surface area (Å²) in [5.74, 6) is 0.0683. The summed E-state index contributed by atoms with van der Waals surface area (Å²) in [5.41, 5.74) is 1.78. The molecule has 2 aliphatic rings. The number of carbonyl (C=O) groups is 3. The van der Waals surface area contributed by atoms with Gasteiger partial charge < -0.3 is 15.0 Å². The van der Waals surface area contributed by atoms with Gasteiger partial charge in [-0.15, -0.1) is 11.3 Å². The number of hydrogen-bond acceptors (Lipinski definition) is 6. The number of hydrogen-bond donors (Lipinski definition) is 1. The molecule has 2 aliphatic heterocycles. The normalized spacial score (nSPS) is 19.4. The van der Waals surface area contributed by atoms with E-state index in [9.17, 15) is 14.4 Å². The first-order valence-electron chi connectivity index (χ1n) is 9.38. The van der Waals surface area contributed by atoms with Crippen LogP contribution in [0.4, 0.5) is 16.2 Å². The van der Waals surface area contributed by atoms with Crippen LogP contribution in [0.25, 0.3) is 0 Å². The van der Waals surface area contributed by atoms with E-state index in [2.05, 4.69) is 10.2 Å². The van der Waals surface area contributed by atoms with E-state index in [-0.39, 0.29) is 12.5 Å². The molecule has 1 unspecified atom stereocenters. The molecule has 7 nitrogen and oxygen atoms in total. The highest BCUT2D eigenvalue weighted by atomic mass is 35.5. The lowest BCUT2D eigenvalue weighted by Crippen LogP contribution is -2.34. The standard InChI is InChI=1S/C20H20ClN3O4S/c21-18-6-5-17(29-18)19(26)22-11-16-12-24(20(27)28-16)14-3-1-13(2-4-14)23-9-7-15(25)8-10-23/h1-6,16H,7-12H2,(H,22,26). The number of anilines is 2. The number of cyclic esters (lactones) is 1. The van der Waals surface area contributed by atoms with Gasteiger partial charge in [0.05, 0.1) is 22.3 Å². The Kier molecular flexibility index (Phi) is 5.73. The van der Waals surface area contributed by atoms with Crippen LogP contribution in [0, 0.1) is 0 Å². The first kappa shape index (κ1) is 19.7. The van der Waals surface area contributed by atoms with Gasteiger partial charge in [0.15, 0.2) is 0 Å². The van der Waals surface area contributed by atoms with Crippen molar-refractivity contribution in [3.8, 4) is 0 Å². The number of nitrogens with one attached hydrogen (secondary N) is 1. The number of piperidine rings is 1. The summed E-state index contributed by atoms with van der Waals surface area (Å²) in [4.78, 5) is 40.0. The van der Waals surface area contributed by atoms with E-state index in [1.807, 2.05) is 24.3 Å². The molecular formula is C20H20ClN3O4S. The molecule has 1 N–H and O–H groups in total. The van der Waals surface area contributed by atoms with Crippen LogP contribution in [-0.4, -0.2) is 50.1 Å². The molecule has 1 aromatic heterocycles. The molecule has 2 aromatic rings. The maximum atomic E-state index is 12.3. The molecule has 152 valence electrons. The molecule has 0 radical (unpaired) electrons. The van der Waals surface area contributed by atoms with Crippen LogP contribution >= 0.6 is 22.9 Å². The lowest BCUT2D eigenvalue weighted by atomic mass is 10.1. The molecular weight excluding hydrogens is 414 g/mol. The van der Waals surface area contributed by atoms with Gasteiger partial charge in [-0.3, -0.25) is 14.5 Å². The minimum absolute atomic E-state index is 0.233. The number of ketones is 1. The van der Waals surface area contributed by atoms with E-state index in [0.29, 0.717) is 34.4 Å². The minimum atomic E-state index is -0.431. The molecule has 0 bridgehead atoms. The molecule has 9 heteroatoms. The van der Waals surface area contributed by atoms with Crippen molar-refractivity contribution in [1.29, 1.82) is 0 Å². The second-order valence-electron chi connectivity index (χ2n) is 6.97. The van der Waals surface area contributed by atoms with Gasteiger partial charge in [-0.2, -0.15) is 0 Å². The van der Waals surface area contributed by atoms with E-state index in [1.165, 1.54) is 11.3 Å². The average molecular weight is 434 g/mol. The van der Waals surface area contributed by atoms with Gasteiger partial charge in [0.2, 0.25) is 0 Å². The van der Waals surface area contributed by atoms with E-state index in [4.69, 9.17) is 16.3 Å². The Balaban J connectivity index is 1.33. The van der Waals surface area contributed by atoms with Crippen LogP contribution < -0.4 is 15.1 Å². The molecule has 2 fully saturated rings. The zero-order valence-corrected chi connectivity index (χ0v) is 17.2. The highest BCUT2D eigenvalue weighted by Crippen LogP contribution is 2.26. The molecule has 0 spiro atoms. The van der Waals surface area contributed by atoms with Crippen molar-refractivity contribution in [2.24, 2.45) is 0 Å². The summed E-state index contributed by atoms with van der Waals surface area (Å²) in [6.07, 6.45) is 0.297. The van der Waals surface area contributed by atoms with Crippen molar-refractivity contribution < 1.29 is 19.1 Å². The Morgan fingerprint density at radius 3 is 2.45 bits per heavy atom. The first-order valence-corrected chi connectivity index (χ1v) is 10.6. The number of benzene rings is 1. The smallest absolute Gasteiger partial charge is 0.414 e. The third-order valence-electron chi connectivity index (χ3n) is 5.01. The Morgan fingerprint density at radius 2 is 1.79 bits per heavy atom. The van der Waals surface area contributed by atoms with Gasteiger partial charge in [-0.05, 0) is 36.4 Å². The van der Waals surface area contributed by atoms with Crippen LogP contribution in [0.15, 0.2) is 36.4 Å². The third-order valence-corrected chi connectivity index (χ3v) is 6.24. The first-order chi connectivity index (χ1) is 14.0. The van der Waals surface area contributed by atoms with Crippen LogP contribution in [0.2, 0.25) is 4.34 Å². The zero-order valence-electron chi connectivity index (χ0n) is 15.6. The second kappa shape index (κ2) is 8.42. The summed E-state index contributed by atoms with van der Waals surface area (Å²) < 4.78 is 5.93. The fourth-order valence-electron chi connectivity index (χ4n) is 3.43. The van der Waals surface area contributed by atoms with E-state index in [1.54, 1.807) is 17.0 Å². The highest BCUT2D eigenvalue weighted by Gasteiger charge is 2.32. The van der Waals surface area contributed by atoms with Crippen LogP contribution in [-0.2, 0) is 9.53 Å². The predicted octanol–water partition coefficient (Wildman–Crippen LogP) is 3.33. The molecule has 4 rings (SSSR count). The molecule has 0 aliphatic carbocycles. The lowest BCUT2D eigenvalue weighted by Gasteiger charge is -2.28. The van der Waals surface area contributed by atoms with Crippen LogP contribution in [0.1, 0.15) is 22.5 Å². The summed E-state index contributed by atoms with van der Waals surface area (Å²) in [6, 6.07) is 11.0. The number of rotatable bonds is 5. The van der Waals surface area contributed by atoms with Gasteiger partial charge in [0.25, 0.3) is 5.91 Å². The summed E-state index contributed by atoms with van der Waals surface area (Å²) in [6.45, 7) is 2.04. The summed E-state index contributed by atoms with van der Waals surface area (Å²) >= 11 is 7.05. The van der Waals surface area contributed by atoms with Crippen molar-refractivity contribution in [2.75, 3.05) is 36.0 Å². The molecule has 2 saturated heterocycles. The Hall–Kier alpha value is -2.58. The molecule has 3 heterocycles. The third kappa shape index (κ3) is 4.54. The SMILES string of the molecule is O=C1CCN(c2ccc(N3CC(CNC(=O)c4ccc(Cl)s4)OC3=O)cc2)CC1. The fourth-order valence-corrected chi connectivity index (χ4v) is 4.39. The average Bonchev–Trinajstić information content (AvgIpc) is 3.32. The van der Waals surface area contributed by atoms with E-state index in [0.717, 1.165) is 24.5 Å². The van der Waals surface area contributed by atoms with E-state index >= 15 is 0 Å². The predicted molar refractivity (Wildman–Crippen MR) is 112 cm³/mol. The Bertz CT molecular complexity index is 920. The van der Waals surface area contributed by atoms with Crippen LogP contribution in [0.3, 0.4) is 0 Å². The number of carbonyl (C=O) groups excluding carboxylic acids is 3. The maximum Gasteiger partial charge on any atom is 0.414 e. The van der Waals surface area contributed by atoms with Gasteiger partial charge in [0.1, 0.15) is 11.9 Å². The van der Waals surface area contributed by atoms with Crippen molar-refractivity contribution in [3.63, 3.8) is 0 Å². The summed E-state index contributed by atoms with van der Waals surface area (Å²) in [7, 11) is 0. The number of halogens is 1. The van der Waals surface area contributed by atoms with Crippen LogP contribution in [0.5, 0.6) is 0 Å². The van der Waals surface area contributed by atoms with Crippen molar-refractivity contribution in [1.82, 2.24) is 5.32 Å². The van der Waals surface area contributed by atoms with Crippen molar-refractivity contribution in [3.05, 3.63) is 45.6 Å². The highest BCUT2D eigenvalue weighted by molar-refractivity contribution is 7.18. The largest absolute Gasteiger partial charge is 0.442 e. The Labute approximate surface area is 177 Å². The van der Waals surface area contributed by atoms with Gasteiger partial charge in [0, 0.05) is 37.3 Å². The number of Topliss-reactive ketones (excluding diaryl/α,β-unsaturated/α-hetero) is 1. The van der Waals surface area contributed by atoms with Crippen molar-refractivity contribution in [2.45, 2.75) is 18.9 Å². The van der Waals surface area contributed by atoms with Gasteiger partial charge in [-0.25, -0.2) is 4.79 Å². The topological polar surface area (TPSA) is 79.0 Å². The lowest BCUT2D eigenvalue weighted by molar-refractivity contribution is -0.119. The number of ether oxygens (including phenoxy) is 1. The van der Waals surface area contributed by atoms with Gasteiger partial charge >= 0.3 is 6.09 Å².